The average Bonchev–Trinajstić information content (AvgIpc) is 3.28. The third-order valence-corrected chi connectivity index (χ3v) is 7.69. The molecular weight excluding hydrogens is 570 g/mol. The molecular formula is C30H35F4N5O2S. The van der Waals surface area contributed by atoms with Crippen molar-refractivity contribution in [2.75, 3.05) is 64.3 Å². The Balaban J connectivity index is 1.55. The van der Waals surface area contributed by atoms with E-state index in [9.17, 15) is 18.0 Å². The topological polar surface area (TPSA) is 61.8 Å². The van der Waals surface area contributed by atoms with Gasteiger partial charge in [0.25, 0.3) is 0 Å². The molecule has 0 radical (unpaired) electrons. The van der Waals surface area contributed by atoms with Crippen molar-refractivity contribution in [3.8, 4) is 17.6 Å². The van der Waals surface area contributed by atoms with E-state index in [0.717, 1.165) is 15.1 Å². The Morgan fingerprint density at radius 2 is 1.98 bits per heavy atom. The van der Waals surface area contributed by atoms with Crippen molar-refractivity contribution in [2.45, 2.75) is 36.3 Å². The van der Waals surface area contributed by atoms with Crippen LogP contribution < -0.4 is 15.4 Å². The summed E-state index contributed by atoms with van der Waals surface area (Å²) >= 11 is 1.58. The Hall–Kier alpha value is -3.56. The molecule has 1 saturated heterocycles. The number of fused-ring (bicyclic) bond motifs is 1. The summed E-state index contributed by atoms with van der Waals surface area (Å²) < 4.78 is 62.5. The fourth-order valence-corrected chi connectivity index (χ4v) is 5.38. The van der Waals surface area contributed by atoms with Crippen LogP contribution in [0.4, 0.5) is 28.9 Å². The van der Waals surface area contributed by atoms with Crippen LogP contribution in [0.15, 0.2) is 47.4 Å². The predicted octanol–water partition coefficient (Wildman–Crippen LogP) is 5.31. The van der Waals surface area contributed by atoms with Crippen molar-refractivity contribution >= 4 is 39.9 Å². The molecule has 0 saturated carbocycles. The molecule has 0 bridgehead atoms. The van der Waals surface area contributed by atoms with Gasteiger partial charge in [0.2, 0.25) is 5.91 Å². The molecule has 2 aromatic carbocycles. The van der Waals surface area contributed by atoms with E-state index in [2.05, 4.69) is 22.5 Å². The molecule has 1 aliphatic rings. The number of nitrogens with zero attached hydrogens (tertiary/aromatic N) is 3. The van der Waals surface area contributed by atoms with Gasteiger partial charge in [0, 0.05) is 22.5 Å². The number of aromatic nitrogens is 1. The Kier molecular flexibility index (Phi) is 10.2. The number of anilines is 2. The van der Waals surface area contributed by atoms with E-state index in [0.29, 0.717) is 35.3 Å². The van der Waals surface area contributed by atoms with Crippen LogP contribution in [0.1, 0.15) is 12.1 Å². The van der Waals surface area contributed by atoms with Crippen LogP contribution >= 0.6 is 11.8 Å². The van der Waals surface area contributed by atoms with Gasteiger partial charge in [-0.25, -0.2) is 4.39 Å². The highest BCUT2D eigenvalue weighted by Crippen LogP contribution is 2.32. The number of methoxy groups -OCH3 is 1. The van der Waals surface area contributed by atoms with E-state index in [4.69, 9.17) is 4.74 Å². The molecule has 2 heterocycles. The predicted molar refractivity (Wildman–Crippen MR) is 160 cm³/mol. The van der Waals surface area contributed by atoms with Crippen LogP contribution in [0, 0.1) is 11.8 Å². The smallest absolute Gasteiger partial charge is 0.406 e. The van der Waals surface area contributed by atoms with Gasteiger partial charge in [0.15, 0.2) is 0 Å². The molecule has 2 unspecified atom stereocenters. The van der Waals surface area contributed by atoms with Gasteiger partial charge < -0.3 is 29.7 Å². The number of ether oxygens (including phenoxy) is 1. The SMILES string of the molecule is COc1cc(SC)ccc1NCC#Cc1cc2c(NC3CCN(C(=O)CN(C)C)CC3F)cccc2n1CC(F)(F)F. The number of rotatable bonds is 9. The van der Waals surface area contributed by atoms with Crippen LogP contribution in [-0.4, -0.2) is 92.3 Å². The van der Waals surface area contributed by atoms with E-state index in [1.807, 2.05) is 24.5 Å². The zero-order valence-corrected chi connectivity index (χ0v) is 24.8. The molecule has 7 nitrogen and oxygen atoms in total. The Bertz CT molecular complexity index is 1460. The first-order valence-corrected chi connectivity index (χ1v) is 14.7. The molecule has 1 aliphatic heterocycles. The van der Waals surface area contributed by atoms with Gasteiger partial charge in [-0.3, -0.25) is 4.79 Å². The largest absolute Gasteiger partial charge is 0.495 e. The van der Waals surface area contributed by atoms with Gasteiger partial charge in [-0.1, -0.05) is 12.0 Å². The number of piperidine rings is 1. The minimum absolute atomic E-state index is 0.0378. The average molecular weight is 606 g/mol. The number of thioether (sulfide) groups is 1. The lowest BCUT2D eigenvalue weighted by Gasteiger charge is -2.36. The number of nitrogens with one attached hydrogen (secondary N) is 2. The number of benzene rings is 2. The van der Waals surface area contributed by atoms with Gasteiger partial charge in [-0.2, -0.15) is 13.2 Å². The number of hydrogen-bond donors (Lipinski definition) is 2. The van der Waals surface area contributed by atoms with Crippen LogP contribution in [0.3, 0.4) is 0 Å². The third-order valence-electron chi connectivity index (χ3n) is 6.96. The molecule has 2 atom stereocenters. The Morgan fingerprint density at radius 1 is 1.19 bits per heavy atom. The maximum absolute atomic E-state index is 15.2. The molecule has 226 valence electrons. The quantitative estimate of drug-likeness (QED) is 0.196. The first kappa shape index (κ1) is 31.4. The molecule has 0 aliphatic carbocycles. The number of likely N-dealkylation sites (tertiary alicyclic amines) is 1. The van der Waals surface area contributed by atoms with Gasteiger partial charge in [-0.05, 0) is 69.1 Å². The number of carbonyl (C=O) groups excluding carboxylic acids is 1. The molecule has 1 fully saturated rings. The summed E-state index contributed by atoms with van der Waals surface area (Å²) in [6.07, 6.45) is -3.46. The second-order valence-corrected chi connectivity index (χ2v) is 11.2. The molecule has 12 heteroatoms. The number of hydrogen-bond acceptors (Lipinski definition) is 6. The molecule has 2 N–H and O–H groups in total. The van der Waals surface area contributed by atoms with E-state index in [1.165, 1.54) is 4.90 Å². The lowest BCUT2D eigenvalue weighted by Crippen LogP contribution is -2.51. The number of likely N-dealkylation sites (N-methyl/N-ethyl adjacent to an activating group) is 1. The number of halogens is 4. The monoisotopic (exact) mass is 605 g/mol. The minimum Gasteiger partial charge on any atom is -0.495 e. The summed E-state index contributed by atoms with van der Waals surface area (Å²) in [5.74, 6) is 6.31. The molecule has 3 aromatic rings. The number of alkyl halides is 4. The van der Waals surface area contributed by atoms with Gasteiger partial charge >= 0.3 is 6.18 Å². The van der Waals surface area contributed by atoms with Crippen molar-refractivity contribution in [1.82, 2.24) is 14.4 Å². The van der Waals surface area contributed by atoms with Crippen LogP contribution in [0.25, 0.3) is 10.9 Å². The molecule has 1 aromatic heterocycles. The normalized spacial score (nSPS) is 17.2. The first-order valence-electron chi connectivity index (χ1n) is 13.5. The zero-order valence-electron chi connectivity index (χ0n) is 24.0. The molecule has 1 amide bonds. The Labute approximate surface area is 247 Å². The highest BCUT2D eigenvalue weighted by molar-refractivity contribution is 7.98. The van der Waals surface area contributed by atoms with Crippen molar-refractivity contribution in [2.24, 2.45) is 0 Å². The van der Waals surface area contributed by atoms with E-state index >= 15 is 4.39 Å². The lowest BCUT2D eigenvalue weighted by molar-refractivity contribution is -0.140. The molecule has 42 heavy (non-hydrogen) atoms. The highest BCUT2D eigenvalue weighted by Gasteiger charge is 2.33. The number of carbonyl (C=O) groups is 1. The second kappa shape index (κ2) is 13.6. The van der Waals surface area contributed by atoms with Gasteiger partial charge in [0.1, 0.15) is 18.5 Å². The first-order chi connectivity index (χ1) is 20.0. The summed E-state index contributed by atoms with van der Waals surface area (Å²) in [7, 11) is 5.12. The molecule has 0 spiro atoms. The fraction of sp³-hybridized carbons (Fsp3) is 0.433. The van der Waals surface area contributed by atoms with Crippen molar-refractivity contribution in [1.29, 1.82) is 0 Å². The zero-order chi connectivity index (χ0) is 30.4. The standard InChI is InChI=1S/C30H35F4N5O2S/c1-37(2)18-29(40)38-14-12-25(23(31)17-38)36-24-8-5-9-27-22(24)15-20(39(27)19-30(32,33)34)7-6-13-35-26-11-10-21(42-4)16-28(26)41-3/h5,8-11,15-16,23,25,35-36H,12-14,17-19H2,1-4H3. The van der Waals surface area contributed by atoms with Crippen molar-refractivity contribution < 1.29 is 27.1 Å². The third kappa shape index (κ3) is 7.83. The van der Waals surface area contributed by atoms with Crippen molar-refractivity contribution in [3.05, 3.63) is 48.2 Å². The fourth-order valence-electron chi connectivity index (χ4n) is 4.95. The second-order valence-electron chi connectivity index (χ2n) is 10.3. The lowest BCUT2D eigenvalue weighted by atomic mass is 10.0. The maximum atomic E-state index is 15.2. The summed E-state index contributed by atoms with van der Waals surface area (Å²) in [5.41, 5.74) is 1.79. The highest BCUT2D eigenvalue weighted by atomic mass is 32.2. The van der Waals surface area contributed by atoms with Crippen LogP contribution in [0.5, 0.6) is 5.75 Å². The summed E-state index contributed by atoms with van der Waals surface area (Å²) in [4.78, 5) is 16.7. The maximum Gasteiger partial charge on any atom is 0.406 e. The van der Waals surface area contributed by atoms with E-state index < -0.39 is 24.9 Å². The van der Waals surface area contributed by atoms with Crippen molar-refractivity contribution in [3.63, 3.8) is 0 Å². The Morgan fingerprint density at radius 3 is 2.64 bits per heavy atom. The van der Waals surface area contributed by atoms with E-state index in [-0.39, 0.29) is 31.2 Å². The summed E-state index contributed by atoms with van der Waals surface area (Å²) in [6.45, 7) is -0.468. The van der Waals surface area contributed by atoms with Crippen LogP contribution in [0.2, 0.25) is 0 Å². The van der Waals surface area contributed by atoms with Gasteiger partial charge in [0.05, 0.1) is 49.7 Å². The van der Waals surface area contributed by atoms with Gasteiger partial charge in [-0.15, -0.1) is 11.8 Å². The summed E-state index contributed by atoms with van der Waals surface area (Å²) in [5, 5.41) is 6.87. The van der Waals surface area contributed by atoms with Crippen LogP contribution in [-0.2, 0) is 11.3 Å². The summed E-state index contributed by atoms with van der Waals surface area (Å²) in [6, 6.07) is 11.7. The minimum atomic E-state index is -4.47. The van der Waals surface area contributed by atoms with E-state index in [1.54, 1.807) is 62.1 Å². The number of amides is 1. The molecule has 4 rings (SSSR count).